The van der Waals surface area contributed by atoms with E-state index in [0.29, 0.717) is 6.04 Å². The van der Waals surface area contributed by atoms with E-state index in [2.05, 4.69) is 56.1 Å². The third-order valence-corrected chi connectivity index (χ3v) is 2.62. The lowest BCUT2D eigenvalue weighted by Gasteiger charge is -2.14. The second kappa shape index (κ2) is 6.35. The van der Waals surface area contributed by atoms with Gasteiger partial charge in [-0.1, -0.05) is 29.3 Å². The van der Waals surface area contributed by atoms with Gasteiger partial charge in [-0.15, -0.1) is 11.8 Å². The SMILES string of the molecule is CC#CCCNC(C)c1cc(C)cc(C)c1. The minimum absolute atomic E-state index is 0.400. The van der Waals surface area contributed by atoms with Gasteiger partial charge in [-0.2, -0.15) is 0 Å². The lowest BCUT2D eigenvalue weighted by molar-refractivity contribution is 0.583. The Morgan fingerprint density at radius 1 is 1.19 bits per heavy atom. The average molecular weight is 215 g/mol. The molecule has 0 fully saturated rings. The van der Waals surface area contributed by atoms with Gasteiger partial charge in [-0.25, -0.2) is 0 Å². The number of benzene rings is 1. The third kappa shape index (κ3) is 4.08. The zero-order valence-corrected chi connectivity index (χ0v) is 10.7. The van der Waals surface area contributed by atoms with Gasteiger partial charge in [0, 0.05) is 19.0 Å². The van der Waals surface area contributed by atoms with Gasteiger partial charge in [0.05, 0.1) is 0 Å². The monoisotopic (exact) mass is 215 g/mol. The van der Waals surface area contributed by atoms with Gasteiger partial charge in [0.1, 0.15) is 0 Å². The predicted molar refractivity (Wildman–Crippen MR) is 70.4 cm³/mol. The van der Waals surface area contributed by atoms with Crippen molar-refractivity contribution in [2.24, 2.45) is 0 Å². The lowest BCUT2D eigenvalue weighted by atomic mass is 10.0. The van der Waals surface area contributed by atoms with Crippen molar-refractivity contribution in [3.63, 3.8) is 0 Å². The first-order valence-electron chi connectivity index (χ1n) is 5.84. The topological polar surface area (TPSA) is 12.0 Å². The normalized spacial score (nSPS) is 11.8. The Hall–Kier alpha value is -1.26. The standard InChI is InChI=1S/C15H21N/c1-5-6-7-8-16-14(4)15-10-12(2)9-13(3)11-15/h9-11,14,16H,7-8H2,1-4H3. The molecule has 0 aliphatic carbocycles. The Balaban J connectivity index is 2.57. The van der Waals surface area contributed by atoms with E-state index in [9.17, 15) is 0 Å². The highest BCUT2D eigenvalue weighted by atomic mass is 14.9. The molecular weight excluding hydrogens is 194 g/mol. The highest BCUT2D eigenvalue weighted by Crippen LogP contribution is 2.16. The molecule has 0 spiro atoms. The van der Waals surface area contributed by atoms with Crippen LogP contribution in [0.1, 0.15) is 43.0 Å². The molecule has 0 saturated carbocycles. The highest BCUT2D eigenvalue weighted by molar-refractivity contribution is 5.30. The van der Waals surface area contributed by atoms with Gasteiger partial charge < -0.3 is 5.32 Å². The van der Waals surface area contributed by atoms with Gasteiger partial charge in [-0.05, 0) is 33.3 Å². The second-order valence-corrected chi connectivity index (χ2v) is 4.27. The van der Waals surface area contributed by atoms with Crippen LogP contribution in [-0.4, -0.2) is 6.54 Å². The van der Waals surface area contributed by atoms with Crippen molar-refractivity contribution < 1.29 is 0 Å². The number of hydrogen-bond acceptors (Lipinski definition) is 1. The van der Waals surface area contributed by atoms with Crippen molar-refractivity contribution in [2.45, 2.75) is 40.2 Å². The summed E-state index contributed by atoms with van der Waals surface area (Å²) in [6, 6.07) is 7.10. The molecule has 16 heavy (non-hydrogen) atoms. The number of rotatable bonds is 4. The van der Waals surface area contributed by atoms with E-state index in [1.807, 2.05) is 6.92 Å². The first-order chi connectivity index (χ1) is 7.63. The van der Waals surface area contributed by atoms with Gasteiger partial charge in [0.15, 0.2) is 0 Å². The van der Waals surface area contributed by atoms with Crippen LogP contribution < -0.4 is 5.32 Å². The minimum Gasteiger partial charge on any atom is -0.309 e. The van der Waals surface area contributed by atoms with E-state index in [4.69, 9.17) is 0 Å². The van der Waals surface area contributed by atoms with Crippen LogP contribution >= 0.6 is 0 Å². The molecule has 1 nitrogen and oxygen atoms in total. The van der Waals surface area contributed by atoms with E-state index in [-0.39, 0.29) is 0 Å². The molecule has 1 aromatic carbocycles. The molecule has 1 N–H and O–H groups in total. The summed E-state index contributed by atoms with van der Waals surface area (Å²) < 4.78 is 0. The largest absolute Gasteiger partial charge is 0.309 e. The van der Waals surface area contributed by atoms with Crippen molar-refractivity contribution in [1.29, 1.82) is 0 Å². The Morgan fingerprint density at radius 3 is 2.38 bits per heavy atom. The fourth-order valence-corrected chi connectivity index (χ4v) is 1.85. The summed E-state index contributed by atoms with van der Waals surface area (Å²) in [6.07, 6.45) is 0.922. The third-order valence-electron chi connectivity index (χ3n) is 2.62. The van der Waals surface area contributed by atoms with Crippen LogP contribution in [0, 0.1) is 25.7 Å². The van der Waals surface area contributed by atoms with Crippen LogP contribution in [0.5, 0.6) is 0 Å². The first-order valence-corrected chi connectivity index (χ1v) is 5.84. The molecule has 86 valence electrons. The smallest absolute Gasteiger partial charge is 0.0292 e. The summed E-state index contributed by atoms with van der Waals surface area (Å²) in [4.78, 5) is 0. The van der Waals surface area contributed by atoms with Crippen LogP contribution in [-0.2, 0) is 0 Å². The molecule has 1 rings (SSSR count). The fourth-order valence-electron chi connectivity index (χ4n) is 1.85. The summed E-state index contributed by atoms with van der Waals surface area (Å²) in [5.41, 5.74) is 4.02. The summed E-state index contributed by atoms with van der Waals surface area (Å²) in [5, 5.41) is 3.49. The van der Waals surface area contributed by atoms with Gasteiger partial charge in [-0.3, -0.25) is 0 Å². The Kier molecular flexibility index (Phi) is 5.08. The van der Waals surface area contributed by atoms with Gasteiger partial charge in [0.25, 0.3) is 0 Å². The minimum atomic E-state index is 0.400. The van der Waals surface area contributed by atoms with Crippen molar-refractivity contribution in [3.8, 4) is 11.8 Å². The Labute approximate surface area is 99.3 Å². The molecule has 1 unspecified atom stereocenters. The van der Waals surface area contributed by atoms with Crippen LogP contribution in [0.3, 0.4) is 0 Å². The molecule has 0 aromatic heterocycles. The molecule has 0 amide bonds. The van der Waals surface area contributed by atoms with E-state index in [0.717, 1.165) is 13.0 Å². The van der Waals surface area contributed by atoms with Crippen molar-refractivity contribution in [2.75, 3.05) is 6.54 Å². The molecule has 0 heterocycles. The first kappa shape index (κ1) is 12.8. The van der Waals surface area contributed by atoms with Gasteiger partial charge >= 0.3 is 0 Å². The van der Waals surface area contributed by atoms with Crippen LogP contribution in [0.15, 0.2) is 18.2 Å². The maximum atomic E-state index is 3.49. The van der Waals surface area contributed by atoms with Crippen LogP contribution in [0.4, 0.5) is 0 Å². The van der Waals surface area contributed by atoms with Gasteiger partial charge in [0.2, 0.25) is 0 Å². The molecule has 1 aromatic rings. The number of nitrogens with one attached hydrogen (secondary N) is 1. The quantitative estimate of drug-likeness (QED) is 0.600. The molecule has 1 heteroatoms. The summed E-state index contributed by atoms with van der Waals surface area (Å²) >= 11 is 0. The predicted octanol–water partition coefficient (Wildman–Crippen LogP) is 3.37. The maximum absolute atomic E-state index is 3.49. The molecule has 0 aliphatic heterocycles. The Morgan fingerprint density at radius 2 is 1.81 bits per heavy atom. The maximum Gasteiger partial charge on any atom is 0.0292 e. The molecule has 0 radical (unpaired) electrons. The second-order valence-electron chi connectivity index (χ2n) is 4.27. The highest BCUT2D eigenvalue weighted by Gasteiger charge is 2.04. The number of aryl methyl sites for hydroxylation is 2. The van der Waals surface area contributed by atoms with E-state index in [1.54, 1.807) is 0 Å². The molecule has 0 bridgehead atoms. The van der Waals surface area contributed by atoms with E-state index < -0.39 is 0 Å². The fraction of sp³-hybridized carbons (Fsp3) is 0.467. The molecule has 0 aliphatic rings. The van der Waals surface area contributed by atoms with E-state index in [1.165, 1.54) is 16.7 Å². The van der Waals surface area contributed by atoms with Crippen molar-refractivity contribution in [1.82, 2.24) is 5.32 Å². The summed E-state index contributed by atoms with van der Waals surface area (Å²) in [7, 11) is 0. The van der Waals surface area contributed by atoms with Crippen LogP contribution in [0.25, 0.3) is 0 Å². The summed E-state index contributed by atoms with van der Waals surface area (Å²) in [5.74, 6) is 5.97. The Bertz CT molecular complexity index is 375. The zero-order chi connectivity index (χ0) is 12.0. The number of hydrogen-bond donors (Lipinski definition) is 1. The molecule has 0 saturated heterocycles. The molecule has 1 atom stereocenters. The average Bonchev–Trinajstić information content (AvgIpc) is 2.22. The van der Waals surface area contributed by atoms with Crippen LogP contribution in [0.2, 0.25) is 0 Å². The van der Waals surface area contributed by atoms with E-state index >= 15 is 0 Å². The lowest BCUT2D eigenvalue weighted by Crippen LogP contribution is -2.19. The summed E-state index contributed by atoms with van der Waals surface area (Å²) in [6.45, 7) is 9.33. The van der Waals surface area contributed by atoms with Crippen molar-refractivity contribution >= 4 is 0 Å². The van der Waals surface area contributed by atoms with Crippen molar-refractivity contribution in [3.05, 3.63) is 34.9 Å². The molecular formula is C15H21N. The zero-order valence-electron chi connectivity index (χ0n) is 10.7.